The number of nitrogens with one attached hydrogen (secondary N) is 1. The van der Waals surface area contributed by atoms with Crippen molar-refractivity contribution in [3.8, 4) is 0 Å². The SMILES string of the molecule is NC(=S)c1cc(F)ccc1NC(=O)c1ccon1. The van der Waals surface area contributed by atoms with Crippen LogP contribution in [0.5, 0.6) is 0 Å². The van der Waals surface area contributed by atoms with Crippen LogP contribution < -0.4 is 11.1 Å². The average Bonchev–Trinajstić information content (AvgIpc) is 2.84. The van der Waals surface area contributed by atoms with E-state index in [9.17, 15) is 9.18 Å². The lowest BCUT2D eigenvalue weighted by atomic mass is 10.1. The van der Waals surface area contributed by atoms with E-state index in [0.29, 0.717) is 5.69 Å². The van der Waals surface area contributed by atoms with Crippen molar-refractivity contribution in [1.29, 1.82) is 0 Å². The molecule has 0 spiro atoms. The maximum atomic E-state index is 13.1. The van der Waals surface area contributed by atoms with Crippen LogP contribution in [0, 0.1) is 5.82 Å². The molecule has 1 amide bonds. The summed E-state index contributed by atoms with van der Waals surface area (Å²) in [5, 5.41) is 6.01. The molecule has 0 saturated heterocycles. The molecule has 2 aromatic rings. The molecule has 0 aliphatic carbocycles. The number of amides is 1. The van der Waals surface area contributed by atoms with Gasteiger partial charge >= 0.3 is 0 Å². The fourth-order valence-corrected chi connectivity index (χ4v) is 1.51. The van der Waals surface area contributed by atoms with E-state index < -0.39 is 11.7 Å². The summed E-state index contributed by atoms with van der Waals surface area (Å²) in [7, 11) is 0. The van der Waals surface area contributed by atoms with Gasteiger partial charge in [0.1, 0.15) is 17.1 Å². The van der Waals surface area contributed by atoms with Crippen molar-refractivity contribution in [2.75, 3.05) is 5.32 Å². The van der Waals surface area contributed by atoms with Crippen LogP contribution in [0.25, 0.3) is 0 Å². The molecule has 18 heavy (non-hydrogen) atoms. The van der Waals surface area contributed by atoms with E-state index in [1.807, 2.05) is 0 Å². The Morgan fingerprint density at radius 3 is 2.83 bits per heavy atom. The second-order valence-corrected chi connectivity index (χ2v) is 3.83. The van der Waals surface area contributed by atoms with Crippen LogP contribution in [0.15, 0.2) is 35.1 Å². The number of carbonyl (C=O) groups excluding carboxylic acids is 1. The highest BCUT2D eigenvalue weighted by molar-refractivity contribution is 7.80. The number of halogens is 1. The molecule has 0 unspecified atom stereocenters. The minimum absolute atomic E-state index is 0.00930. The zero-order chi connectivity index (χ0) is 13.1. The van der Waals surface area contributed by atoms with E-state index in [1.54, 1.807) is 0 Å². The molecule has 7 heteroatoms. The molecule has 0 bridgehead atoms. The summed E-state index contributed by atoms with van der Waals surface area (Å²) >= 11 is 4.79. The molecule has 1 aromatic carbocycles. The second kappa shape index (κ2) is 4.92. The van der Waals surface area contributed by atoms with E-state index in [2.05, 4.69) is 15.0 Å². The first-order valence-corrected chi connectivity index (χ1v) is 5.30. The molecule has 2 rings (SSSR count). The first-order valence-electron chi connectivity index (χ1n) is 4.89. The van der Waals surface area contributed by atoms with Crippen LogP contribution in [0.1, 0.15) is 16.1 Å². The highest BCUT2D eigenvalue weighted by atomic mass is 32.1. The predicted octanol–water partition coefficient (Wildman–Crippen LogP) is 1.70. The first-order chi connectivity index (χ1) is 8.58. The van der Waals surface area contributed by atoms with Gasteiger partial charge in [0.25, 0.3) is 5.91 Å². The predicted molar refractivity (Wildman–Crippen MR) is 66.7 cm³/mol. The molecule has 1 heterocycles. The third kappa shape index (κ3) is 2.51. The standard InChI is InChI=1S/C11H8FN3O2S/c12-6-1-2-8(7(5-6)10(13)18)14-11(16)9-3-4-17-15-9/h1-5H,(H2,13,18)(H,14,16). The van der Waals surface area contributed by atoms with Gasteiger partial charge < -0.3 is 15.6 Å². The first kappa shape index (κ1) is 12.2. The Morgan fingerprint density at radius 2 is 2.22 bits per heavy atom. The Bertz CT molecular complexity index is 598. The van der Waals surface area contributed by atoms with E-state index in [-0.39, 0.29) is 16.2 Å². The number of nitrogens with two attached hydrogens (primary N) is 1. The normalized spacial score (nSPS) is 10.1. The number of thiocarbonyl (C=S) groups is 1. The van der Waals surface area contributed by atoms with Crippen molar-refractivity contribution >= 4 is 28.8 Å². The van der Waals surface area contributed by atoms with Gasteiger partial charge in [-0.2, -0.15) is 0 Å². The molecule has 0 aliphatic heterocycles. The molecule has 92 valence electrons. The van der Waals surface area contributed by atoms with Crippen molar-refractivity contribution < 1.29 is 13.7 Å². The second-order valence-electron chi connectivity index (χ2n) is 3.39. The van der Waals surface area contributed by atoms with Gasteiger partial charge in [0, 0.05) is 11.6 Å². The molecule has 1 aromatic heterocycles. The molecular weight excluding hydrogens is 257 g/mol. The van der Waals surface area contributed by atoms with Crippen LogP contribution in [0.3, 0.4) is 0 Å². The minimum atomic E-state index is -0.493. The molecule has 3 N–H and O–H groups in total. The summed E-state index contributed by atoms with van der Waals surface area (Å²) in [6, 6.07) is 5.13. The van der Waals surface area contributed by atoms with Crippen LogP contribution in [-0.4, -0.2) is 16.1 Å². The Morgan fingerprint density at radius 1 is 1.44 bits per heavy atom. The topological polar surface area (TPSA) is 81.1 Å². The summed E-state index contributed by atoms with van der Waals surface area (Å²) in [5.41, 5.74) is 6.13. The number of hydrogen-bond donors (Lipinski definition) is 2. The zero-order valence-corrected chi connectivity index (χ0v) is 9.83. The number of aromatic nitrogens is 1. The Kier molecular flexibility index (Phi) is 3.33. The summed E-state index contributed by atoms with van der Waals surface area (Å²) in [4.78, 5) is 11.7. The smallest absolute Gasteiger partial charge is 0.277 e. The lowest BCUT2D eigenvalue weighted by molar-refractivity contribution is 0.101. The average molecular weight is 265 g/mol. The fourth-order valence-electron chi connectivity index (χ4n) is 1.35. The van der Waals surface area contributed by atoms with Crippen LogP contribution >= 0.6 is 12.2 Å². The van der Waals surface area contributed by atoms with Crippen molar-refractivity contribution in [3.05, 3.63) is 47.6 Å². The van der Waals surface area contributed by atoms with Crippen LogP contribution in [0.4, 0.5) is 10.1 Å². The number of carbonyl (C=O) groups is 1. The van der Waals surface area contributed by atoms with E-state index >= 15 is 0 Å². The Hall–Kier alpha value is -2.28. The number of anilines is 1. The summed E-state index contributed by atoms with van der Waals surface area (Å²) in [6.07, 6.45) is 1.27. The highest BCUT2D eigenvalue weighted by Crippen LogP contribution is 2.17. The van der Waals surface area contributed by atoms with Gasteiger partial charge in [-0.25, -0.2) is 4.39 Å². The third-order valence-electron chi connectivity index (χ3n) is 2.17. The maximum Gasteiger partial charge on any atom is 0.277 e. The molecule has 5 nitrogen and oxygen atoms in total. The number of nitrogens with zero attached hydrogens (tertiary/aromatic N) is 1. The Labute approximate surface area is 107 Å². The van der Waals surface area contributed by atoms with E-state index in [1.165, 1.54) is 24.5 Å². The fraction of sp³-hybridized carbons (Fsp3) is 0. The third-order valence-corrected chi connectivity index (χ3v) is 2.39. The van der Waals surface area contributed by atoms with Crippen molar-refractivity contribution in [2.24, 2.45) is 5.73 Å². The lowest BCUT2D eigenvalue weighted by Crippen LogP contribution is -2.18. The van der Waals surface area contributed by atoms with Crippen LogP contribution in [0.2, 0.25) is 0 Å². The maximum absolute atomic E-state index is 13.1. The minimum Gasteiger partial charge on any atom is -0.389 e. The lowest BCUT2D eigenvalue weighted by Gasteiger charge is -2.08. The molecule has 0 atom stereocenters. The van der Waals surface area contributed by atoms with Gasteiger partial charge in [-0.3, -0.25) is 4.79 Å². The van der Waals surface area contributed by atoms with Gasteiger partial charge in [0.2, 0.25) is 0 Å². The molecule has 0 fully saturated rings. The molecule has 0 saturated carbocycles. The van der Waals surface area contributed by atoms with E-state index in [4.69, 9.17) is 18.0 Å². The van der Waals surface area contributed by atoms with Crippen LogP contribution in [-0.2, 0) is 0 Å². The van der Waals surface area contributed by atoms with Crippen molar-refractivity contribution in [3.63, 3.8) is 0 Å². The highest BCUT2D eigenvalue weighted by Gasteiger charge is 2.13. The monoisotopic (exact) mass is 265 g/mol. The van der Waals surface area contributed by atoms with Gasteiger partial charge in [-0.05, 0) is 18.2 Å². The summed E-state index contributed by atoms with van der Waals surface area (Å²) in [6.45, 7) is 0. The van der Waals surface area contributed by atoms with Gasteiger partial charge in [0.05, 0.1) is 5.69 Å². The van der Waals surface area contributed by atoms with Gasteiger partial charge in [-0.15, -0.1) is 0 Å². The molecule has 0 radical (unpaired) electrons. The van der Waals surface area contributed by atoms with Crippen molar-refractivity contribution in [2.45, 2.75) is 0 Å². The zero-order valence-electron chi connectivity index (χ0n) is 9.01. The number of hydrogen-bond acceptors (Lipinski definition) is 4. The number of benzene rings is 1. The van der Waals surface area contributed by atoms with Gasteiger partial charge in [-0.1, -0.05) is 17.4 Å². The van der Waals surface area contributed by atoms with E-state index in [0.717, 1.165) is 6.07 Å². The summed E-state index contributed by atoms with van der Waals surface area (Å²) < 4.78 is 17.6. The molecule has 0 aliphatic rings. The largest absolute Gasteiger partial charge is 0.389 e. The van der Waals surface area contributed by atoms with Gasteiger partial charge in [0.15, 0.2) is 5.69 Å². The summed E-state index contributed by atoms with van der Waals surface area (Å²) in [5.74, 6) is -0.981. The Balaban J connectivity index is 2.29. The van der Waals surface area contributed by atoms with Crippen molar-refractivity contribution in [1.82, 2.24) is 5.16 Å². The number of rotatable bonds is 3. The molecular formula is C11H8FN3O2S. The quantitative estimate of drug-likeness (QED) is 0.825.